The first kappa shape index (κ1) is 12.6. The maximum absolute atomic E-state index is 3.87. The lowest BCUT2D eigenvalue weighted by Gasteiger charge is -2.08. The van der Waals surface area contributed by atoms with Crippen LogP contribution >= 0.6 is 0 Å². The van der Waals surface area contributed by atoms with E-state index >= 15 is 0 Å². The highest BCUT2D eigenvalue weighted by molar-refractivity contribution is 5.53. The van der Waals surface area contributed by atoms with E-state index in [0.717, 1.165) is 6.42 Å². The summed E-state index contributed by atoms with van der Waals surface area (Å²) >= 11 is 0. The molecule has 0 fully saturated rings. The van der Waals surface area contributed by atoms with Gasteiger partial charge in [0.05, 0.1) is 0 Å². The molecule has 0 atom stereocenters. The summed E-state index contributed by atoms with van der Waals surface area (Å²) in [6.07, 6.45) is 2.92. The monoisotopic (exact) mass is 236 g/mol. The van der Waals surface area contributed by atoms with E-state index in [1.54, 1.807) is 0 Å². The number of benzene rings is 2. The molecule has 0 aliphatic heterocycles. The van der Waals surface area contributed by atoms with Crippen LogP contribution < -0.4 is 0 Å². The third-order valence-corrected chi connectivity index (χ3v) is 3.54. The van der Waals surface area contributed by atoms with Crippen LogP contribution in [0.4, 0.5) is 0 Å². The topological polar surface area (TPSA) is 0 Å². The van der Waals surface area contributed by atoms with Crippen LogP contribution in [0, 0.1) is 20.8 Å². The summed E-state index contributed by atoms with van der Waals surface area (Å²) in [6, 6.07) is 13.3. The van der Waals surface area contributed by atoms with Crippen LogP contribution in [-0.2, 0) is 6.42 Å². The van der Waals surface area contributed by atoms with Gasteiger partial charge in [-0.2, -0.15) is 0 Å². The van der Waals surface area contributed by atoms with Crippen molar-refractivity contribution in [2.75, 3.05) is 0 Å². The quantitative estimate of drug-likeness (QED) is 0.715. The SMILES string of the molecule is C=Cc1cc(Cc2ccc(C)c(C)c2)ccc1C. The van der Waals surface area contributed by atoms with E-state index in [4.69, 9.17) is 0 Å². The van der Waals surface area contributed by atoms with Crippen LogP contribution in [0.5, 0.6) is 0 Å². The molecular weight excluding hydrogens is 216 g/mol. The van der Waals surface area contributed by atoms with Crippen molar-refractivity contribution < 1.29 is 0 Å². The molecule has 0 unspecified atom stereocenters. The predicted molar refractivity (Wildman–Crippen MR) is 80.0 cm³/mol. The lowest BCUT2D eigenvalue weighted by Crippen LogP contribution is -1.92. The first-order valence-electron chi connectivity index (χ1n) is 6.38. The molecule has 0 saturated heterocycles. The van der Waals surface area contributed by atoms with Gasteiger partial charge in [-0.25, -0.2) is 0 Å². The molecule has 2 rings (SSSR count). The van der Waals surface area contributed by atoms with Gasteiger partial charge < -0.3 is 0 Å². The highest BCUT2D eigenvalue weighted by Crippen LogP contribution is 2.17. The number of rotatable bonds is 3. The van der Waals surface area contributed by atoms with Crippen LogP contribution in [0.25, 0.3) is 6.08 Å². The first-order valence-corrected chi connectivity index (χ1v) is 6.38. The van der Waals surface area contributed by atoms with E-state index in [2.05, 4.69) is 63.7 Å². The Bertz CT molecular complexity index is 577. The van der Waals surface area contributed by atoms with Gasteiger partial charge in [-0.1, -0.05) is 49.1 Å². The average Bonchev–Trinajstić information content (AvgIpc) is 2.36. The molecule has 0 heterocycles. The lowest BCUT2D eigenvalue weighted by atomic mass is 9.98. The summed E-state index contributed by atoms with van der Waals surface area (Å²) in [5.41, 5.74) is 7.96. The van der Waals surface area contributed by atoms with Gasteiger partial charge in [-0.05, 0) is 60.6 Å². The Balaban J connectivity index is 2.28. The lowest BCUT2D eigenvalue weighted by molar-refractivity contribution is 1.16. The minimum atomic E-state index is 0.988. The van der Waals surface area contributed by atoms with Gasteiger partial charge in [0, 0.05) is 0 Å². The predicted octanol–water partition coefficient (Wildman–Crippen LogP) is 4.85. The second-order valence-electron chi connectivity index (χ2n) is 4.99. The Labute approximate surface area is 110 Å². The Kier molecular flexibility index (Phi) is 3.66. The van der Waals surface area contributed by atoms with Crippen LogP contribution in [0.2, 0.25) is 0 Å². The van der Waals surface area contributed by atoms with E-state index in [1.807, 2.05) is 6.08 Å². The minimum Gasteiger partial charge on any atom is -0.0985 e. The van der Waals surface area contributed by atoms with Gasteiger partial charge >= 0.3 is 0 Å². The van der Waals surface area contributed by atoms with Crippen molar-refractivity contribution in [3.63, 3.8) is 0 Å². The molecule has 92 valence electrons. The number of hydrogen-bond acceptors (Lipinski definition) is 0. The van der Waals surface area contributed by atoms with Crippen molar-refractivity contribution in [2.45, 2.75) is 27.2 Å². The van der Waals surface area contributed by atoms with Gasteiger partial charge in [0.2, 0.25) is 0 Å². The molecule has 2 aromatic rings. The number of aryl methyl sites for hydroxylation is 3. The fourth-order valence-corrected chi connectivity index (χ4v) is 2.17. The van der Waals surface area contributed by atoms with Crippen LogP contribution in [0.3, 0.4) is 0 Å². The zero-order valence-electron chi connectivity index (χ0n) is 11.5. The molecule has 0 heteroatoms. The largest absolute Gasteiger partial charge is 0.0985 e. The minimum absolute atomic E-state index is 0.988. The molecule has 0 radical (unpaired) electrons. The van der Waals surface area contributed by atoms with E-state index in [-0.39, 0.29) is 0 Å². The summed E-state index contributed by atoms with van der Waals surface area (Å²) in [5.74, 6) is 0. The van der Waals surface area contributed by atoms with Crippen LogP contribution in [0.15, 0.2) is 43.0 Å². The fourth-order valence-electron chi connectivity index (χ4n) is 2.17. The summed E-state index contributed by atoms with van der Waals surface area (Å²) in [6.45, 7) is 10.3. The van der Waals surface area contributed by atoms with Crippen molar-refractivity contribution in [2.24, 2.45) is 0 Å². The Morgan fingerprint density at radius 3 is 2.06 bits per heavy atom. The van der Waals surface area contributed by atoms with Crippen LogP contribution in [-0.4, -0.2) is 0 Å². The van der Waals surface area contributed by atoms with Gasteiger partial charge in [-0.15, -0.1) is 0 Å². The summed E-state index contributed by atoms with van der Waals surface area (Å²) in [7, 11) is 0. The molecule has 0 aliphatic rings. The molecule has 0 nitrogen and oxygen atoms in total. The van der Waals surface area contributed by atoms with Crippen molar-refractivity contribution in [3.8, 4) is 0 Å². The van der Waals surface area contributed by atoms with E-state index in [0.29, 0.717) is 0 Å². The highest BCUT2D eigenvalue weighted by atomic mass is 14.1. The van der Waals surface area contributed by atoms with Crippen LogP contribution in [0.1, 0.15) is 33.4 Å². The smallest absolute Gasteiger partial charge is 0.00255 e. The highest BCUT2D eigenvalue weighted by Gasteiger charge is 2.01. The number of hydrogen-bond donors (Lipinski definition) is 0. The standard InChI is InChI=1S/C18H20/c1-5-18-12-17(9-7-14(18)3)11-16-8-6-13(2)15(4)10-16/h5-10,12H,1,11H2,2-4H3. The Morgan fingerprint density at radius 2 is 1.44 bits per heavy atom. The average molecular weight is 236 g/mol. The second kappa shape index (κ2) is 5.22. The third kappa shape index (κ3) is 2.70. The summed E-state index contributed by atoms with van der Waals surface area (Å²) in [5, 5.41) is 0. The van der Waals surface area contributed by atoms with Crippen molar-refractivity contribution in [1.82, 2.24) is 0 Å². The molecule has 18 heavy (non-hydrogen) atoms. The van der Waals surface area contributed by atoms with Gasteiger partial charge in [0.15, 0.2) is 0 Å². The van der Waals surface area contributed by atoms with Gasteiger partial charge in [0.1, 0.15) is 0 Å². The maximum atomic E-state index is 3.87. The summed E-state index contributed by atoms with van der Waals surface area (Å²) < 4.78 is 0. The normalized spacial score (nSPS) is 10.4. The van der Waals surface area contributed by atoms with Gasteiger partial charge in [-0.3, -0.25) is 0 Å². The van der Waals surface area contributed by atoms with Gasteiger partial charge in [0.25, 0.3) is 0 Å². The molecule has 0 aromatic heterocycles. The molecule has 0 amide bonds. The summed E-state index contributed by atoms with van der Waals surface area (Å²) in [4.78, 5) is 0. The van der Waals surface area contributed by atoms with E-state index < -0.39 is 0 Å². The van der Waals surface area contributed by atoms with Crippen molar-refractivity contribution in [3.05, 3.63) is 76.4 Å². The maximum Gasteiger partial charge on any atom is -0.00255 e. The Morgan fingerprint density at radius 1 is 0.833 bits per heavy atom. The second-order valence-corrected chi connectivity index (χ2v) is 4.99. The zero-order valence-corrected chi connectivity index (χ0v) is 11.5. The van der Waals surface area contributed by atoms with E-state index in [1.165, 1.54) is 33.4 Å². The zero-order chi connectivity index (χ0) is 13.1. The Hall–Kier alpha value is -1.82. The van der Waals surface area contributed by atoms with Crippen molar-refractivity contribution >= 4 is 6.08 Å². The molecule has 0 bridgehead atoms. The van der Waals surface area contributed by atoms with Crippen molar-refractivity contribution in [1.29, 1.82) is 0 Å². The molecular formula is C18H20. The molecule has 0 aliphatic carbocycles. The first-order chi connectivity index (χ1) is 8.60. The fraction of sp³-hybridized carbons (Fsp3) is 0.222. The molecule has 0 N–H and O–H groups in total. The molecule has 0 spiro atoms. The third-order valence-electron chi connectivity index (χ3n) is 3.54. The molecule has 0 saturated carbocycles. The van der Waals surface area contributed by atoms with E-state index in [9.17, 15) is 0 Å². The molecule has 2 aromatic carbocycles.